The summed E-state index contributed by atoms with van der Waals surface area (Å²) in [6.45, 7) is 0. The fourth-order valence-corrected chi connectivity index (χ4v) is 3.59. The Morgan fingerprint density at radius 2 is 1.61 bits per heavy atom. The van der Waals surface area contributed by atoms with E-state index in [-0.39, 0.29) is 22.8 Å². The van der Waals surface area contributed by atoms with E-state index in [2.05, 4.69) is 0 Å². The number of aliphatic hydroxyl groups is 1. The van der Waals surface area contributed by atoms with Gasteiger partial charge in [-0.25, -0.2) is 0 Å². The Balaban J connectivity index is 1.97. The smallest absolute Gasteiger partial charge is 0.300 e. The Bertz CT molecular complexity index is 1220. The van der Waals surface area contributed by atoms with Gasteiger partial charge < -0.3 is 10.2 Å². The number of non-ortho nitro benzene ring substituents is 1. The Kier molecular flexibility index (Phi) is 4.96. The van der Waals surface area contributed by atoms with Gasteiger partial charge in [0.05, 0.1) is 16.5 Å². The van der Waals surface area contributed by atoms with Gasteiger partial charge in [-0.1, -0.05) is 42.5 Å². The normalized spacial score (nSPS) is 17.7. The van der Waals surface area contributed by atoms with Crippen LogP contribution in [0.15, 0.2) is 84.4 Å². The number of rotatable bonds is 4. The summed E-state index contributed by atoms with van der Waals surface area (Å²) in [5.74, 6) is -2.21. The molecule has 0 saturated carbocycles. The summed E-state index contributed by atoms with van der Waals surface area (Å²) in [6, 6.07) is 18.4. The molecule has 8 heteroatoms. The van der Waals surface area contributed by atoms with E-state index in [9.17, 15) is 29.9 Å². The first kappa shape index (κ1) is 19.8. The number of hydrogen-bond acceptors (Lipinski definition) is 6. The summed E-state index contributed by atoms with van der Waals surface area (Å²) in [5, 5.41) is 31.8. The molecule has 3 aromatic carbocycles. The van der Waals surface area contributed by atoms with Gasteiger partial charge in [0, 0.05) is 23.4 Å². The van der Waals surface area contributed by atoms with Crippen LogP contribution in [0.25, 0.3) is 5.76 Å². The molecule has 1 heterocycles. The second kappa shape index (κ2) is 7.75. The molecule has 2 N–H and O–H groups in total. The van der Waals surface area contributed by atoms with E-state index in [0.29, 0.717) is 16.8 Å². The second-order valence-corrected chi connectivity index (χ2v) is 6.90. The number of benzene rings is 3. The van der Waals surface area contributed by atoms with Crippen molar-refractivity contribution in [2.24, 2.45) is 0 Å². The predicted octanol–water partition coefficient (Wildman–Crippen LogP) is 3.93. The summed E-state index contributed by atoms with van der Waals surface area (Å²) in [7, 11) is 0. The molecule has 0 radical (unpaired) electrons. The lowest BCUT2D eigenvalue weighted by Crippen LogP contribution is -2.29. The summed E-state index contributed by atoms with van der Waals surface area (Å²) in [4.78, 5) is 37.8. The third kappa shape index (κ3) is 3.51. The lowest BCUT2D eigenvalue weighted by Gasteiger charge is -2.25. The van der Waals surface area contributed by atoms with Crippen LogP contribution in [0.3, 0.4) is 0 Å². The number of nitrogens with zero attached hydrogens (tertiary/aromatic N) is 2. The zero-order valence-corrected chi connectivity index (χ0v) is 16.0. The van der Waals surface area contributed by atoms with Gasteiger partial charge in [-0.3, -0.25) is 24.6 Å². The van der Waals surface area contributed by atoms with Gasteiger partial charge in [0.1, 0.15) is 11.5 Å². The number of ketones is 1. The lowest BCUT2D eigenvalue weighted by atomic mass is 9.95. The van der Waals surface area contributed by atoms with Crippen LogP contribution in [0.2, 0.25) is 0 Å². The molecule has 1 aliphatic heterocycles. The van der Waals surface area contributed by atoms with Crippen molar-refractivity contribution in [2.75, 3.05) is 4.90 Å². The minimum atomic E-state index is -1.09. The largest absolute Gasteiger partial charge is 0.508 e. The zero-order valence-electron chi connectivity index (χ0n) is 16.0. The average molecular weight is 416 g/mol. The molecule has 4 rings (SSSR count). The summed E-state index contributed by atoms with van der Waals surface area (Å²) < 4.78 is 0. The van der Waals surface area contributed by atoms with E-state index in [0.717, 1.165) is 4.90 Å². The van der Waals surface area contributed by atoms with Gasteiger partial charge in [0.25, 0.3) is 17.4 Å². The molecule has 0 aromatic heterocycles. The quantitative estimate of drug-likeness (QED) is 0.219. The molecule has 1 atom stereocenters. The maximum absolute atomic E-state index is 13.0. The number of anilines is 1. The Morgan fingerprint density at radius 3 is 2.26 bits per heavy atom. The number of nitro benzene ring substituents is 1. The number of amides is 1. The van der Waals surface area contributed by atoms with Gasteiger partial charge in [0.2, 0.25) is 0 Å². The maximum Gasteiger partial charge on any atom is 0.300 e. The van der Waals surface area contributed by atoms with Crippen molar-refractivity contribution in [2.45, 2.75) is 6.04 Å². The monoisotopic (exact) mass is 416 g/mol. The SMILES string of the molecule is O=C1C(=O)N(c2ccc(O)cc2)C(c2cccc([N+](=O)[O-])c2)C1=C(O)c1ccccc1. The van der Waals surface area contributed by atoms with Crippen LogP contribution in [0.4, 0.5) is 11.4 Å². The molecule has 8 nitrogen and oxygen atoms in total. The number of Topliss-reactive ketones (excluding diaryl/α,β-unsaturated/α-hetero) is 1. The molecule has 1 fully saturated rings. The van der Waals surface area contributed by atoms with Gasteiger partial charge in [-0.15, -0.1) is 0 Å². The Hall–Kier alpha value is -4.46. The third-order valence-corrected chi connectivity index (χ3v) is 5.02. The van der Waals surface area contributed by atoms with Crippen molar-refractivity contribution < 1.29 is 24.7 Å². The standard InChI is InChI=1S/C23H16N2O6/c26-18-11-9-16(10-12-18)24-20(15-7-4-8-17(13-15)25(30)31)19(22(28)23(24)29)21(27)14-5-2-1-3-6-14/h1-13,20,26-27H. The second-order valence-electron chi connectivity index (χ2n) is 6.90. The Labute approximate surface area is 176 Å². The van der Waals surface area contributed by atoms with Crippen molar-refractivity contribution in [1.82, 2.24) is 0 Å². The molecule has 1 amide bonds. The van der Waals surface area contributed by atoms with Crippen molar-refractivity contribution in [1.29, 1.82) is 0 Å². The summed E-state index contributed by atoms with van der Waals surface area (Å²) in [6.07, 6.45) is 0. The van der Waals surface area contributed by atoms with Crippen LogP contribution in [0.1, 0.15) is 17.2 Å². The number of phenolic OH excluding ortho intramolecular Hbond substituents is 1. The van der Waals surface area contributed by atoms with E-state index in [1.807, 2.05) is 0 Å². The van der Waals surface area contributed by atoms with Gasteiger partial charge >= 0.3 is 0 Å². The first-order valence-corrected chi connectivity index (χ1v) is 9.28. The molecule has 31 heavy (non-hydrogen) atoms. The number of carbonyl (C=O) groups is 2. The minimum absolute atomic E-state index is 0.0310. The number of aromatic hydroxyl groups is 1. The van der Waals surface area contributed by atoms with E-state index in [1.54, 1.807) is 36.4 Å². The van der Waals surface area contributed by atoms with E-state index >= 15 is 0 Å². The predicted molar refractivity (Wildman–Crippen MR) is 112 cm³/mol. The minimum Gasteiger partial charge on any atom is -0.508 e. The number of phenols is 1. The highest BCUT2D eigenvalue weighted by molar-refractivity contribution is 6.51. The number of aliphatic hydroxyl groups excluding tert-OH is 1. The average Bonchev–Trinajstić information content (AvgIpc) is 3.05. The molecular formula is C23H16N2O6. The van der Waals surface area contributed by atoms with Crippen LogP contribution >= 0.6 is 0 Å². The van der Waals surface area contributed by atoms with Crippen LogP contribution < -0.4 is 4.90 Å². The lowest BCUT2D eigenvalue weighted by molar-refractivity contribution is -0.384. The van der Waals surface area contributed by atoms with Gasteiger partial charge in [-0.2, -0.15) is 0 Å². The van der Waals surface area contributed by atoms with E-state index in [4.69, 9.17) is 0 Å². The van der Waals surface area contributed by atoms with Crippen LogP contribution in [-0.4, -0.2) is 26.8 Å². The van der Waals surface area contributed by atoms with Crippen molar-refractivity contribution in [3.8, 4) is 5.75 Å². The highest BCUT2D eigenvalue weighted by Gasteiger charge is 2.47. The van der Waals surface area contributed by atoms with Crippen molar-refractivity contribution >= 4 is 28.8 Å². The molecule has 0 aliphatic carbocycles. The molecule has 0 bridgehead atoms. The van der Waals surface area contributed by atoms with Crippen molar-refractivity contribution in [3.63, 3.8) is 0 Å². The number of nitro groups is 1. The van der Waals surface area contributed by atoms with Gasteiger partial charge in [-0.05, 0) is 29.8 Å². The Morgan fingerprint density at radius 1 is 0.935 bits per heavy atom. The summed E-state index contributed by atoms with van der Waals surface area (Å²) >= 11 is 0. The molecular weight excluding hydrogens is 400 g/mol. The fraction of sp³-hybridized carbons (Fsp3) is 0.0435. The maximum atomic E-state index is 13.0. The van der Waals surface area contributed by atoms with E-state index in [1.165, 1.54) is 42.5 Å². The molecule has 1 saturated heterocycles. The van der Waals surface area contributed by atoms with Crippen molar-refractivity contribution in [3.05, 3.63) is 106 Å². The van der Waals surface area contributed by atoms with E-state index < -0.39 is 22.7 Å². The van der Waals surface area contributed by atoms with Crippen LogP contribution in [-0.2, 0) is 9.59 Å². The number of carbonyl (C=O) groups excluding carboxylic acids is 2. The van der Waals surface area contributed by atoms with Crippen LogP contribution in [0, 0.1) is 10.1 Å². The fourth-order valence-electron chi connectivity index (χ4n) is 3.59. The zero-order chi connectivity index (χ0) is 22.1. The first-order valence-electron chi connectivity index (χ1n) is 9.28. The first-order chi connectivity index (χ1) is 14.9. The summed E-state index contributed by atoms with van der Waals surface area (Å²) in [5.41, 5.74) is 0.530. The van der Waals surface area contributed by atoms with Crippen LogP contribution in [0.5, 0.6) is 5.75 Å². The molecule has 154 valence electrons. The topological polar surface area (TPSA) is 121 Å². The highest BCUT2D eigenvalue weighted by Crippen LogP contribution is 2.43. The van der Waals surface area contributed by atoms with Gasteiger partial charge in [0.15, 0.2) is 0 Å². The molecule has 0 spiro atoms. The molecule has 1 unspecified atom stereocenters. The number of hydrogen-bond donors (Lipinski definition) is 2. The molecule has 3 aromatic rings. The molecule has 1 aliphatic rings. The third-order valence-electron chi connectivity index (χ3n) is 5.02. The highest BCUT2D eigenvalue weighted by atomic mass is 16.6.